The fourth-order valence-electron chi connectivity index (χ4n) is 2.61. The standard InChI is InChI=1S/C17H18FNOS2/c18-14-5-3-13(4-6-14)12-17(20)19-8-7-16(22-11-9-19)15-2-1-10-21-15/h1-6,10,16H,7-9,11-12H2. The summed E-state index contributed by atoms with van der Waals surface area (Å²) in [6.45, 7) is 1.60. The van der Waals surface area contributed by atoms with Gasteiger partial charge in [-0.2, -0.15) is 11.8 Å². The predicted octanol–water partition coefficient (Wildman–Crippen LogP) is 4.14. The molecule has 2 aromatic rings. The molecule has 0 bridgehead atoms. The molecular weight excluding hydrogens is 317 g/mol. The van der Waals surface area contributed by atoms with E-state index in [0.29, 0.717) is 11.7 Å². The van der Waals surface area contributed by atoms with E-state index in [0.717, 1.165) is 30.8 Å². The molecule has 1 amide bonds. The van der Waals surface area contributed by atoms with Crippen LogP contribution < -0.4 is 0 Å². The molecule has 0 spiro atoms. The highest BCUT2D eigenvalue weighted by Gasteiger charge is 2.22. The van der Waals surface area contributed by atoms with Crippen LogP contribution in [0.5, 0.6) is 0 Å². The van der Waals surface area contributed by atoms with Crippen LogP contribution in [0.2, 0.25) is 0 Å². The largest absolute Gasteiger partial charge is 0.342 e. The maximum Gasteiger partial charge on any atom is 0.227 e. The summed E-state index contributed by atoms with van der Waals surface area (Å²) in [4.78, 5) is 15.8. The second kappa shape index (κ2) is 7.29. The van der Waals surface area contributed by atoms with Crippen molar-refractivity contribution in [3.63, 3.8) is 0 Å². The van der Waals surface area contributed by atoms with Gasteiger partial charge in [-0.3, -0.25) is 4.79 Å². The molecule has 1 saturated heterocycles. The Morgan fingerprint density at radius 1 is 1.23 bits per heavy atom. The summed E-state index contributed by atoms with van der Waals surface area (Å²) < 4.78 is 12.9. The lowest BCUT2D eigenvalue weighted by molar-refractivity contribution is -0.130. The topological polar surface area (TPSA) is 20.3 Å². The third kappa shape index (κ3) is 3.90. The summed E-state index contributed by atoms with van der Waals surface area (Å²) in [7, 11) is 0. The maximum atomic E-state index is 12.9. The lowest BCUT2D eigenvalue weighted by Gasteiger charge is -2.20. The summed E-state index contributed by atoms with van der Waals surface area (Å²) in [6.07, 6.45) is 1.36. The van der Waals surface area contributed by atoms with Gasteiger partial charge in [-0.25, -0.2) is 4.39 Å². The second-order valence-corrected chi connectivity index (χ2v) is 7.64. The van der Waals surface area contributed by atoms with Gasteiger partial charge in [0.1, 0.15) is 5.82 Å². The maximum absolute atomic E-state index is 12.9. The van der Waals surface area contributed by atoms with Gasteiger partial charge in [-0.05, 0) is 35.6 Å². The number of hydrogen-bond acceptors (Lipinski definition) is 3. The van der Waals surface area contributed by atoms with Gasteiger partial charge < -0.3 is 4.90 Å². The molecule has 1 aliphatic heterocycles. The number of nitrogens with zero attached hydrogens (tertiary/aromatic N) is 1. The minimum Gasteiger partial charge on any atom is -0.342 e. The number of carbonyl (C=O) groups excluding carboxylic acids is 1. The molecule has 2 heterocycles. The van der Waals surface area contributed by atoms with Crippen LogP contribution in [0, 0.1) is 5.82 Å². The van der Waals surface area contributed by atoms with Crippen LogP contribution in [0.1, 0.15) is 22.1 Å². The first kappa shape index (κ1) is 15.6. The molecular formula is C17H18FNOS2. The van der Waals surface area contributed by atoms with Crippen molar-refractivity contribution in [3.8, 4) is 0 Å². The van der Waals surface area contributed by atoms with Crippen molar-refractivity contribution in [1.29, 1.82) is 0 Å². The van der Waals surface area contributed by atoms with E-state index in [1.54, 1.807) is 23.5 Å². The lowest BCUT2D eigenvalue weighted by Crippen LogP contribution is -2.34. The van der Waals surface area contributed by atoms with Crippen molar-refractivity contribution in [3.05, 3.63) is 58.0 Å². The van der Waals surface area contributed by atoms with E-state index in [1.165, 1.54) is 17.0 Å². The molecule has 0 saturated carbocycles. The van der Waals surface area contributed by atoms with E-state index < -0.39 is 0 Å². The number of thiophene rings is 1. The van der Waals surface area contributed by atoms with Gasteiger partial charge in [0.15, 0.2) is 0 Å². The lowest BCUT2D eigenvalue weighted by atomic mass is 10.1. The van der Waals surface area contributed by atoms with Crippen LogP contribution in [-0.4, -0.2) is 29.6 Å². The summed E-state index contributed by atoms with van der Waals surface area (Å²) in [6, 6.07) is 10.5. The monoisotopic (exact) mass is 335 g/mol. The number of thioether (sulfide) groups is 1. The minimum atomic E-state index is -0.263. The van der Waals surface area contributed by atoms with Crippen molar-refractivity contribution in [2.45, 2.75) is 18.1 Å². The smallest absolute Gasteiger partial charge is 0.227 e. The van der Waals surface area contributed by atoms with Crippen LogP contribution in [0.25, 0.3) is 0 Å². The fourth-order valence-corrected chi connectivity index (χ4v) is 4.85. The predicted molar refractivity (Wildman–Crippen MR) is 90.8 cm³/mol. The van der Waals surface area contributed by atoms with E-state index in [1.807, 2.05) is 16.7 Å². The average molecular weight is 335 g/mol. The minimum absolute atomic E-state index is 0.138. The zero-order chi connectivity index (χ0) is 15.4. The summed E-state index contributed by atoms with van der Waals surface area (Å²) in [5.74, 6) is 0.845. The Morgan fingerprint density at radius 3 is 2.77 bits per heavy atom. The third-order valence-electron chi connectivity index (χ3n) is 3.82. The molecule has 1 aromatic heterocycles. The van der Waals surface area contributed by atoms with Crippen LogP contribution >= 0.6 is 23.1 Å². The Hall–Kier alpha value is -1.33. The summed E-state index contributed by atoms with van der Waals surface area (Å²) in [5.41, 5.74) is 0.873. The van der Waals surface area contributed by atoms with Crippen molar-refractivity contribution < 1.29 is 9.18 Å². The van der Waals surface area contributed by atoms with Crippen molar-refractivity contribution in [2.24, 2.45) is 0 Å². The molecule has 116 valence electrons. The number of rotatable bonds is 3. The molecule has 5 heteroatoms. The van der Waals surface area contributed by atoms with E-state index in [4.69, 9.17) is 0 Å². The molecule has 0 N–H and O–H groups in total. The summed E-state index contributed by atoms with van der Waals surface area (Å²) >= 11 is 3.73. The van der Waals surface area contributed by atoms with E-state index in [9.17, 15) is 9.18 Å². The van der Waals surface area contributed by atoms with Crippen LogP contribution in [0.3, 0.4) is 0 Å². The van der Waals surface area contributed by atoms with Crippen molar-refractivity contribution in [2.75, 3.05) is 18.8 Å². The number of hydrogen-bond donors (Lipinski definition) is 0. The first-order chi connectivity index (χ1) is 10.7. The highest BCUT2D eigenvalue weighted by atomic mass is 32.2. The molecule has 22 heavy (non-hydrogen) atoms. The highest BCUT2D eigenvalue weighted by Crippen LogP contribution is 2.36. The van der Waals surface area contributed by atoms with Gasteiger partial charge in [-0.15, -0.1) is 11.3 Å². The van der Waals surface area contributed by atoms with Gasteiger partial charge in [0.2, 0.25) is 5.91 Å². The highest BCUT2D eigenvalue weighted by molar-refractivity contribution is 7.99. The third-order valence-corrected chi connectivity index (χ3v) is 6.27. The van der Waals surface area contributed by atoms with Crippen LogP contribution in [0.4, 0.5) is 4.39 Å². The van der Waals surface area contributed by atoms with Gasteiger partial charge >= 0.3 is 0 Å². The molecule has 1 unspecified atom stereocenters. The van der Waals surface area contributed by atoms with E-state index >= 15 is 0 Å². The molecule has 1 fully saturated rings. The zero-order valence-corrected chi connectivity index (χ0v) is 13.8. The Kier molecular flexibility index (Phi) is 5.16. The number of amides is 1. The molecule has 0 radical (unpaired) electrons. The normalized spacial score (nSPS) is 19.0. The molecule has 1 aromatic carbocycles. The fraction of sp³-hybridized carbons (Fsp3) is 0.353. The Bertz CT molecular complexity index is 612. The SMILES string of the molecule is O=C(Cc1ccc(F)cc1)N1CCSC(c2cccs2)CC1. The van der Waals surface area contributed by atoms with Crippen molar-refractivity contribution in [1.82, 2.24) is 4.90 Å². The van der Waals surface area contributed by atoms with E-state index in [2.05, 4.69) is 17.5 Å². The van der Waals surface area contributed by atoms with Gasteiger partial charge in [0.25, 0.3) is 0 Å². The zero-order valence-electron chi connectivity index (χ0n) is 12.2. The molecule has 2 nitrogen and oxygen atoms in total. The Balaban J connectivity index is 1.58. The Labute approximate surface area is 138 Å². The van der Waals surface area contributed by atoms with Crippen LogP contribution in [-0.2, 0) is 11.2 Å². The number of halogens is 1. The molecule has 1 atom stereocenters. The Morgan fingerprint density at radius 2 is 2.05 bits per heavy atom. The summed E-state index contributed by atoms with van der Waals surface area (Å²) in [5, 5.41) is 2.61. The van der Waals surface area contributed by atoms with Gasteiger partial charge in [0.05, 0.1) is 6.42 Å². The van der Waals surface area contributed by atoms with Gasteiger partial charge in [0, 0.05) is 29.0 Å². The number of benzene rings is 1. The first-order valence-corrected chi connectivity index (χ1v) is 9.32. The number of carbonyl (C=O) groups is 1. The molecule has 3 rings (SSSR count). The van der Waals surface area contributed by atoms with Crippen LogP contribution in [0.15, 0.2) is 41.8 Å². The van der Waals surface area contributed by atoms with Gasteiger partial charge in [-0.1, -0.05) is 18.2 Å². The average Bonchev–Trinajstić information content (AvgIpc) is 2.94. The van der Waals surface area contributed by atoms with Crippen molar-refractivity contribution >= 4 is 29.0 Å². The van der Waals surface area contributed by atoms with E-state index in [-0.39, 0.29) is 11.7 Å². The first-order valence-electron chi connectivity index (χ1n) is 7.39. The quantitative estimate of drug-likeness (QED) is 0.840. The molecule has 0 aliphatic carbocycles. The molecule has 1 aliphatic rings. The second-order valence-electron chi connectivity index (χ2n) is 5.35.